The van der Waals surface area contributed by atoms with Crippen molar-refractivity contribution in [1.82, 2.24) is 0 Å². The number of carbonyl (C=O) groups excluding carboxylic acids is 3. The van der Waals surface area contributed by atoms with Crippen LogP contribution in [0.4, 0.5) is 0 Å². The summed E-state index contributed by atoms with van der Waals surface area (Å²) >= 11 is 0. The molecular weight excluding hydrogens is 973 g/mol. The van der Waals surface area contributed by atoms with Crippen LogP contribution >= 0.6 is 0 Å². The van der Waals surface area contributed by atoms with Gasteiger partial charge in [-0.2, -0.15) is 0 Å². The molecule has 0 saturated heterocycles. The molecule has 452 valence electrons. The second kappa shape index (κ2) is 66.6. The van der Waals surface area contributed by atoms with Crippen molar-refractivity contribution in [2.45, 2.75) is 322 Å². The highest BCUT2D eigenvalue weighted by molar-refractivity contribution is 5.72. The maximum absolute atomic E-state index is 12.8. The molecule has 0 amide bonds. The van der Waals surface area contributed by atoms with Crippen LogP contribution in [0.15, 0.2) is 109 Å². The van der Waals surface area contributed by atoms with E-state index in [-0.39, 0.29) is 31.6 Å². The smallest absolute Gasteiger partial charge is 0.310 e. The van der Waals surface area contributed by atoms with Crippen LogP contribution in [0.5, 0.6) is 0 Å². The first-order valence-electron chi connectivity index (χ1n) is 33.4. The number of ether oxygens (including phenoxy) is 3. The second-order valence-corrected chi connectivity index (χ2v) is 22.0. The van der Waals surface area contributed by atoms with Gasteiger partial charge in [0.05, 0.1) is 6.42 Å². The Labute approximate surface area is 489 Å². The minimum Gasteiger partial charge on any atom is -0.462 e. The molecule has 0 saturated carbocycles. The van der Waals surface area contributed by atoms with E-state index in [1.165, 1.54) is 180 Å². The third-order valence-corrected chi connectivity index (χ3v) is 14.3. The Kier molecular flexibility index (Phi) is 63.3. The molecule has 1 unspecified atom stereocenters. The van der Waals surface area contributed by atoms with E-state index >= 15 is 0 Å². The van der Waals surface area contributed by atoms with Crippen molar-refractivity contribution in [1.29, 1.82) is 0 Å². The van der Waals surface area contributed by atoms with Gasteiger partial charge in [0.1, 0.15) is 13.2 Å². The Morgan fingerprint density at radius 1 is 0.278 bits per heavy atom. The predicted octanol–water partition coefficient (Wildman–Crippen LogP) is 23.0. The fraction of sp³-hybridized carbons (Fsp3) is 0.712. The van der Waals surface area contributed by atoms with Crippen molar-refractivity contribution in [2.75, 3.05) is 13.2 Å². The van der Waals surface area contributed by atoms with Crippen LogP contribution in [-0.2, 0) is 28.6 Å². The lowest BCUT2D eigenvalue weighted by atomic mass is 10.0. The van der Waals surface area contributed by atoms with Gasteiger partial charge in [0, 0.05) is 12.8 Å². The Hall–Kier alpha value is -3.93. The summed E-state index contributed by atoms with van der Waals surface area (Å²) < 4.78 is 16.8. The Balaban J connectivity index is 4.11. The summed E-state index contributed by atoms with van der Waals surface area (Å²) in [6, 6.07) is 0. The molecule has 0 radical (unpaired) electrons. The molecule has 6 heteroatoms. The predicted molar refractivity (Wildman–Crippen MR) is 343 cm³/mol. The first-order valence-corrected chi connectivity index (χ1v) is 33.4. The zero-order valence-corrected chi connectivity index (χ0v) is 51.9. The number of carbonyl (C=O) groups is 3. The Bertz CT molecular complexity index is 1590. The molecule has 79 heavy (non-hydrogen) atoms. The highest BCUT2D eigenvalue weighted by Crippen LogP contribution is 2.17. The van der Waals surface area contributed by atoms with Gasteiger partial charge in [0.15, 0.2) is 6.10 Å². The Morgan fingerprint density at radius 3 is 0.835 bits per heavy atom. The molecule has 0 rings (SSSR count). The topological polar surface area (TPSA) is 78.9 Å². The minimum absolute atomic E-state index is 0.0986. The number of esters is 3. The van der Waals surface area contributed by atoms with Gasteiger partial charge >= 0.3 is 17.9 Å². The molecule has 0 aromatic heterocycles. The van der Waals surface area contributed by atoms with Crippen molar-refractivity contribution in [3.05, 3.63) is 109 Å². The fourth-order valence-electron chi connectivity index (χ4n) is 9.39. The van der Waals surface area contributed by atoms with Crippen molar-refractivity contribution < 1.29 is 28.6 Å². The molecule has 0 fully saturated rings. The van der Waals surface area contributed by atoms with E-state index in [1.807, 2.05) is 6.08 Å². The van der Waals surface area contributed by atoms with Gasteiger partial charge in [-0.15, -0.1) is 0 Å². The highest BCUT2D eigenvalue weighted by Gasteiger charge is 2.19. The molecule has 0 aliphatic rings. The lowest BCUT2D eigenvalue weighted by Crippen LogP contribution is -2.30. The van der Waals surface area contributed by atoms with E-state index in [0.717, 1.165) is 96.3 Å². The first kappa shape index (κ1) is 75.1. The van der Waals surface area contributed by atoms with Crippen molar-refractivity contribution >= 4 is 17.9 Å². The van der Waals surface area contributed by atoms with Gasteiger partial charge in [-0.05, 0) is 83.5 Å². The molecule has 0 aromatic carbocycles. The Morgan fingerprint density at radius 2 is 0.532 bits per heavy atom. The summed E-state index contributed by atoms with van der Waals surface area (Å²) in [5.74, 6) is -1.03. The van der Waals surface area contributed by atoms with Crippen LogP contribution in [-0.4, -0.2) is 37.2 Å². The summed E-state index contributed by atoms with van der Waals surface area (Å²) in [7, 11) is 0. The minimum atomic E-state index is -0.829. The zero-order valence-electron chi connectivity index (χ0n) is 51.9. The molecular formula is C73H124O6. The van der Waals surface area contributed by atoms with Gasteiger partial charge in [0.25, 0.3) is 0 Å². The summed E-state index contributed by atoms with van der Waals surface area (Å²) in [5, 5.41) is 0. The maximum Gasteiger partial charge on any atom is 0.310 e. The van der Waals surface area contributed by atoms with Crippen LogP contribution in [0.3, 0.4) is 0 Å². The zero-order chi connectivity index (χ0) is 57.1. The summed E-state index contributed by atoms with van der Waals surface area (Å²) in [6.07, 6.45) is 91.6. The normalized spacial score (nSPS) is 12.8. The quantitative estimate of drug-likeness (QED) is 0.0261. The monoisotopic (exact) mass is 1100 g/mol. The van der Waals surface area contributed by atoms with E-state index in [4.69, 9.17) is 14.2 Å². The summed E-state index contributed by atoms with van der Waals surface area (Å²) in [4.78, 5) is 38.1. The van der Waals surface area contributed by atoms with E-state index in [2.05, 4.69) is 118 Å². The average molecular weight is 1100 g/mol. The van der Waals surface area contributed by atoms with Crippen LogP contribution in [0, 0.1) is 0 Å². The molecule has 6 nitrogen and oxygen atoms in total. The lowest BCUT2D eigenvalue weighted by molar-refractivity contribution is -0.166. The average Bonchev–Trinajstić information content (AvgIpc) is 3.45. The number of hydrogen-bond acceptors (Lipinski definition) is 6. The van der Waals surface area contributed by atoms with Crippen LogP contribution in [0.25, 0.3) is 0 Å². The maximum atomic E-state index is 12.8. The van der Waals surface area contributed by atoms with Gasteiger partial charge in [-0.1, -0.05) is 323 Å². The van der Waals surface area contributed by atoms with Crippen molar-refractivity contribution in [3.8, 4) is 0 Å². The van der Waals surface area contributed by atoms with Crippen molar-refractivity contribution in [2.24, 2.45) is 0 Å². The van der Waals surface area contributed by atoms with Gasteiger partial charge < -0.3 is 14.2 Å². The molecule has 0 N–H and O–H groups in total. The van der Waals surface area contributed by atoms with Crippen LogP contribution in [0.1, 0.15) is 316 Å². The number of hydrogen-bond donors (Lipinski definition) is 0. The molecule has 0 aliphatic carbocycles. The van der Waals surface area contributed by atoms with Crippen LogP contribution < -0.4 is 0 Å². The molecule has 1 atom stereocenters. The largest absolute Gasteiger partial charge is 0.462 e. The molecule has 0 aliphatic heterocycles. The standard InChI is InChI=1S/C73H124O6/c1-4-7-10-13-16-19-22-24-26-27-28-29-30-31-32-33-34-35-36-37-38-39-40-41-42-43-44-45-47-48-51-54-57-60-63-66-72(75)78-69-70(68-77-71(74)65-62-59-56-53-50-21-18-15-12-9-6-3)79-73(76)67-64-61-58-55-52-49-46-25-23-20-17-14-11-8-5-2/h7-8,10-11,16-17,19-20,24-26,28-29,46,52,55,61,64,70H,4-6,9,12-15,18,21-23,27,30-45,47-51,53-54,56-60,62-63,65-69H2,1-3H3/b10-7-,11-8-,19-16-,20-17-,26-24-,29-28-,46-25-,55-52-,64-61-. The van der Waals surface area contributed by atoms with Crippen molar-refractivity contribution in [3.63, 3.8) is 0 Å². The van der Waals surface area contributed by atoms with E-state index in [0.29, 0.717) is 12.8 Å². The molecule has 0 spiro atoms. The number of allylic oxidation sites excluding steroid dienone is 17. The van der Waals surface area contributed by atoms with Gasteiger partial charge in [0.2, 0.25) is 0 Å². The molecule has 0 aromatic rings. The summed E-state index contributed by atoms with van der Waals surface area (Å²) in [5.41, 5.74) is 0. The summed E-state index contributed by atoms with van der Waals surface area (Å²) in [6.45, 7) is 6.34. The van der Waals surface area contributed by atoms with E-state index in [1.54, 1.807) is 6.08 Å². The lowest BCUT2D eigenvalue weighted by Gasteiger charge is -2.18. The number of rotatable bonds is 60. The second-order valence-electron chi connectivity index (χ2n) is 22.0. The first-order chi connectivity index (χ1) is 39.0. The van der Waals surface area contributed by atoms with Gasteiger partial charge in [-0.3, -0.25) is 14.4 Å². The van der Waals surface area contributed by atoms with Gasteiger partial charge in [-0.25, -0.2) is 0 Å². The highest BCUT2D eigenvalue weighted by atomic mass is 16.6. The van der Waals surface area contributed by atoms with Crippen LogP contribution in [0.2, 0.25) is 0 Å². The third-order valence-electron chi connectivity index (χ3n) is 14.3. The number of unbranched alkanes of at least 4 members (excludes halogenated alkanes) is 32. The van der Waals surface area contributed by atoms with E-state index < -0.39 is 12.1 Å². The molecule has 0 bridgehead atoms. The molecule has 0 heterocycles. The SMILES string of the molecule is CC/C=C\C/C=C\C/C=C\C/C=C\C/C=C\CC(=O)OC(COC(=O)CCCCCCCCCCCCC)COC(=O)CCCCCCCCCCCCCCCCCCCCCCCC/C=C\C/C=C\C/C=C\C/C=C\CC. The van der Waals surface area contributed by atoms with E-state index in [9.17, 15) is 14.4 Å². The fourth-order valence-corrected chi connectivity index (χ4v) is 9.39. The third kappa shape index (κ3) is 64.8.